The van der Waals surface area contributed by atoms with Crippen LogP contribution in [-0.4, -0.2) is 9.97 Å². The van der Waals surface area contributed by atoms with Gasteiger partial charge in [-0.3, -0.25) is 4.98 Å². The van der Waals surface area contributed by atoms with Crippen LogP contribution in [0.4, 0.5) is 34.1 Å². The van der Waals surface area contributed by atoms with Crippen molar-refractivity contribution in [2.24, 2.45) is 0 Å². The monoisotopic (exact) mass is 578 g/mol. The zero-order valence-corrected chi connectivity index (χ0v) is 24.9. The topological polar surface area (TPSA) is 32.3 Å². The number of hydrogen-bond donors (Lipinski definition) is 0. The third-order valence-electron chi connectivity index (χ3n) is 8.27. The van der Waals surface area contributed by atoms with E-state index < -0.39 is 0 Å². The molecule has 0 aliphatic heterocycles. The second-order valence-electron chi connectivity index (χ2n) is 11.2. The Labute approximate surface area is 262 Å². The van der Waals surface area contributed by atoms with Crippen LogP contribution in [-0.2, 0) is 0 Å². The Kier molecular flexibility index (Phi) is 6.65. The average Bonchev–Trinajstić information content (AvgIpc) is 3.10. The van der Waals surface area contributed by atoms with Crippen LogP contribution in [0.5, 0.6) is 0 Å². The molecule has 1 heterocycles. The van der Waals surface area contributed by atoms with Gasteiger partial charge in [-0.25, -0.2) is 4.98 Å². The highest BCUT2D eigenvalue weighted by atomic mass is 15.1. The molecule has 45 heavy (non-hydrogen) atoms. The number of aryl methyl sites for hydroxylation is 1. The van der Waals surface area contributed by atoms with Crippen LogP contribution < -0.4 is 9.80 Å². The second kappa shape index (κ2) is 11.3. The Hall–Kier alpha value is -6.00. The molecule has 0 radical (unpaired) electrons. The smallest absolute Gasteiger partial charge is 0.0974 e. The van der Waals surface area contributed by atoms with Crippen LogP contribution in [0, 0.1) is 6.92 Å². The number of fused-ring (bicyclic) bond motifs is 6. The molecule has 8 rings (SSSR count). The molecule has 0 N–H and O–H groups in total. The van der Waals surface area contributed by atoms with E-state index in [0.29, 0.717) is 0 Å². The summed E-state index contributed by atoms with van der Waals surface area (Å²) in [6, 6.07) is 55.5. The predicted molar refractivity (Wildman–Crippen MR) is 189 cm³/mol. The van der Waals surface area contributed by atoms with E-state index >= 15 is 0 Å². The van der Waals surface area contributed by atoms with Crippen molar-refractivity contribution < 1.29 is 0 Å². The van der Waals surface area contributed by atoms with E-state index in [9.17, 15) is 0 Å². The molecular weight excluding hydrogens is 548 g/mol. The fourth-order valence-corrected chi connectivity index (χ4v) is 6.27. The van der Waals surface area contributed by atoms with Gasteiger partial charge in [-0.2, -0.15) is 0 Å². The van der Waals surface area contributed by atoms with E-state index in [0.717, 1.165) is 72.4 Å². The number of benzene rings is 7. The van der Waals surface area contributed by atoms with Crippen molar-refractivity contribution in [3.63, 3.8) is 0 Å². The molecule has 4 nitrogen and oxygen atoms in total. The Morgan fingerprint density at radius 1 is 0.378 bits per heavy atom. The molecule has 0 aliphatic rings. The van der Waals surface area contributed by atoms with Gasteiger partial charge in [0.15, 0.2) is 0 Å². The van der Waals surface area contributed by atoms with E-state index in [1.165, 1.54) is 0 Å². The van der Waals surface area contributed by atoms with Crippen LogP contribution in [0.1, 0.15) is 5.69 Å². The summed E-state index contributed by atoms with van der Waals surface area (Å²) < 4.78 is 0. The molecule has 7 aromatic carbocycles. The highest BCUT2D eigenvalue weighted by molar-refractivity contribution is 6.24. The standard InChI is InChI=1S/C41H30N4/c1-29-28-42-40-36-24-22-34(44(30-14-6-2-7-15-30)31-16-8-3-9-17-31)26-38(36)39-27-35(23-25-37(39)41(40)43-29)45(32-18-10-4-11-19-32)33-20-12-5-13-21-33/h2-28H,1H3. The number of anilines is 6. The molecule has 4 heteroatoms. The zero-order chi connectivity index (χ0) is 30.2. The first-order valence-corrected chi connectivity index (χ1v) is 15.2. The van der Waals surface area contributed by atoms with Crippen molar-refractivity contribution in [2.75, 3.05) is 9.80 Å². The van der Waals surface area contributed by atoms with Crippen LogP contribution in [0.25, 0.3) is 32.6 Å². The minimum atomic E-state index is 0.901. The van der Waals surface area contributed by atoms with Crippen molar-refractivity contribution in [3.05, 3.63) is 170 Å². The summed E-state index contributed by atoms with van der Waals surface area (Å²) in [5.74, 6) is 0. The van der Waals surface area contributed by atoms with Crippen molar-refractivity contribution >= 4 is 66.7 Å². The maximum Gasteiger partial charge on any atom is 0.0974 e. The highest BCUT2D eigenvalue weighted by Gasteiger charge is 2.19. The normalized spacial score (nSPS) is 11.2. The Balaban J connectivity index is 1.42. The molecule has 0 unspecified atom stereocenters. The highest BCUT2D eigenvalue weighted by Crippen LogP contribution is 2.42. The largest absolute Gasteiger partial charge is 0.310 e. The van der Waals surface area contributed by atoms with E-state index in [4.69, 9.17) is 9.97 Å². The number of para-hydroxylation sites is 4. The number of hydrogen-bond acceptors (Lipinski definition) is 4. The molecule has 1 aromatic heterocycles. The maximum absolute atomic E-state index is 5.01. The summed E-state index contributed by atoms with van der Waals surface area (Å²) in [7, 11) is 0. The van der Waals surface area contributed by atoms with Gasteiger partial charge >= 0.3 is 0 Å². The molecule has 0 fully saturated rings. The predicted octanol–water partition coefficient (Wildman–Crippen LogP) is 11.2. The fourth-order valence-electron chi connectivity index (χ4n) is 6.27. The van der Waals surface area contributed by atoms with Gasteiger partial charge in [-0.05, 0) is 90.5 Å². The molecule has 0 spiro atoms. The third kappa shape index (κ3) is 4.83. The van der Waals surface area contributed by atoms with E-state index in [1.807, 2.05) is 13.1 Å². The van der Waals surface area contributed by atoms with Gasteiger partial charge < -0.3 is 9.80 Å². The van der Waals surface area contributed by atoms with Gasteiger partial charge in [0.1, 0.15) is 0 Å². The summed E-state index contributed by atoms with van der Waals surface area (Å²) in [6.45, 7) is 2.00. The fraction of sp³-hybridized carbons (Fsp3) is 0.0244. The average molecular weight is 579 g/mol. The quantitative estimate of drug-likeness (QED) is 0.184. The van der Waals surface area contributed by atoms with Gasteiger partial charge in [0, 0.05) is 51.1 Å². The van der Waals surface area contributed by atoms with E-state index in [-0.39, 0.29) is 0 Å². The Morgan fingerprint density at radius 3 is 1.16 bits per heavy atom. The SMILES string of the molecule is Cc1cnc2c3ccc(N(c4ccccc4)c4ccccc4)cc3c3cc(N(c4ccccc4)c4ccccc4)ccc3c2n1. The zero-order valence-electron chi connectivity index (χ0n) is 24.9. The Morgan fingerprint density at radius 2 is 0.756 bits per heavy atom. The van der Waals surface area contributed by atoms with Crippen molar-refractivity contribution in [3.8, 4) is 0 Å². The summed E-state index contributed by atoms with van der Waals surface area (Å²) in [6.07, 6.45) is 1.86. The molecule has 0 bridgehead atoms. The molecule has 0 saturated carbocycles. The first-order chi connectivity index (χ1) is 22.2. The lowest BCUT2D eigenvalue weighted by atomic mass is 9.97. The summed E-state index contributed by atoms with van der Waals surface area (Å²) in [5, 5.41) is 4.43. The Bertz CT molecular complexity index is 2190. The van der Waals surface area contributed by atoms with Gasteiger partial charge in [0.2, 0.25) is 0 Å². The van der Waals surface area contributed by atoms with Crippen LogP contribution in [0.2, 0.25) is 0 Å². The van der Waals surface area contributed by atoms with Gasteiger partial charge in [-0.15, -0.1) is 0 Å². The second-order valence-corrected chi connectivity index (χ2v) is 11.2. The minimum Gasteiger partial charge on any atom is -0.310 e. The lowest BCUT2D eigenvalue weighted by molar-refractivity contribution is 1.19. The number of rotatable bonds is 6. The van der Waals surface area contributed by atoms with Crippen LogP contribution >= 0.6 is 0 Å². The van der Waals surface area contributed by atoms with Crippen LogP contribution in [0.3, 0.4) is 0 Å². The first kappa shape index (κ1) is 26.6. The van der Waals surface area contributed by atoms with E-state index in [1.54, 1.807) is 0 Å². The summed E-state index contributed by atoms with van der Waals surface area (Å²) >= 11 is 0. The van der Waals surface area contributed by atoms with Crippen molar-refractivity contribution in [1.29, 1.82) is 0 Å². The van der Waals surface area contributed by atoms with Gasteiger partial charge in [0.25, 0.3) is 0 Å². The lowest BCUT2D eigenvalue weighted by Gasteiger charge is -2.27. The molecule has 8 aromatic rings. The summed E-state index contributed by atoms with van der Waals surface area (Å²) in [4.78, 5) is 14.5. The van der Waals surface area contributed by atoms with Gasteiger partial charge in [-0.1, -0.05) is 84.9 Å². The van der Waals surface area contributed by atoms with Crippen LogP contribution in [0.15, 0.2) is 164 Å². The van der Waals surface area contributed by atoms with Crippen molar-refractivity contribution in [2.45, 2.75) is 6.92 Å². The molecule has 214 valence electrons. The number of aromatic nitrogens is 2. The molecule has 0 aliphatic carbocycles. The molecule has 0 saturated heterocycles. The summed E-state index contributed by atoms with van der Waals surface area (Å²) in [5.41, 5.74) is 9.30. The maximum atomic E-state index is 5.01. The van der Waals surface area contributed by atoms with Crippen molar-refractivity contribution in [1.82, 2.24) is 9.97 Å². The van der Waals surface area contributed by atoms with E-state index in [2.05, 4.69) is 168 Å². The van der Waals surface area contributed by atoms with Gasteiger partial charge in [0.05, 0.1) is 16.7 Å². The minimum absolute atomic E-state index is 0.901. The third-order valence-corrected chi connectivity index (χ3v) is 8.27. The molecular formula is C41H30N4. The molecule has 0 amide bonds. The lowest BCUT2D eigenvalue weighted by Crippen LogP contribution is -2.10. The molecule has 0 atom stereocenters. The first-order valence-electron chi connectivity index (χ1n) is 15.2. The number of nitrogens with zero attached hydrogens (tertiary/aromatic N) is 4.